The van der Waals surface area contributed by atoms with Gasteiger partial charge in [0.2, 0.25) is 0 Å². The van der Waals surface area contributed by atoms with Crippen molar-refractivity contribution < 1.29 is 18.0 Å². The molecule has 0 N–H and O–H groups in total. The standard InChI is InChI=1S/C18H15F2NO2/c1-11(12-7-8-14(19)15(20)9-12)21(2)18(22)17-10-13-5-3-4-6-16(13)23-17/h3-11H,1-2H3. The molecular weight excluding hydrogens is 300 g/mol. The molecule has 0 bridgehead atoms. The maximum Gasteiger partial charge on any atom is 0.289 e. The van der Waals surface area contributed by atoms with E-state index in [1.54, 1.807) is 26.1 Å². The fourth-order valence-corrected chi connectivity index (χ4v) is 2.43. The zero-order valence-electron chi connectivity index (χ0n) is 12.7. The number of furan rings is 1. The van der Waals surface area contributed by atoms with Gasteiger partial charge in [0.25, 0.3) is 5.91 Å². The molecule has 1 heterocycles. The number of rotatable bonds is 3. The van der Waals surface area contributed by atoms with Gasteiger partial charge in [-0.2, -0.15) is 0 Å². The van der Waals surface area contributed by atoms with Crippen LogP contribution in [0.5, 0.6) is 0 Å². The molecule has 2 aromatic carbocycles. The molecule has 0 spiro atoms. The molecule has 1 unspecified atom stereocenters. The van der Waals surface area contributed by atoms with Gasteiger partial charge in [-0.15, -0.1) is 0 Å². The molecule has 23 heavy (non-hydrogen) atoms. The highest BCUT2D eigenvalue weighted by molar-refractivity contribution is 5.96. The van der Waals surface area contributed by atoms with Crippen LogP contribution in [-0.4, -0.2) is 17.9 Å². The van der Waals surface area contributed by atoms with Crippen LogP contribution >= 0.6 is 0 Å². The van der Waals surface area contributed by atoms with Crippen LogP contribution in [0, 0.1) is 11.6 Å². The monoisotopic (exact) mass is 315 g/mol. The Kier molecular flexibility index (Phi) is 3.86. The minimum atomic E-state index is -0.932. The van der Waals surface area contributed by atoms with E-state index in [1.807, 2.05) is 18.2 Å². The Morgan fingerprint density at radius 1 is 1.09 bits per heavy atom. The van der Waals surface area contributed by atoms with Crippen LogP contribution in [0.2, 0.25) is 0 Å². The summed E-state index contributed by atoms with van der Waals surface area (Å²) in [4.78, 5) is 14.0. The quantitative estimate of drug-likeness (QED) is 0.711. The van der Waals surface area contributed by atoms with Gasteiger partial charge >= 0.3 is 0 Å². The van der Waals surface area contributed by atoms with Crippen LogP contribution in [0.25, 0.3) is 11.0 Å². The van der Waals surface area contributed by atoms with Crippen molar-refractivity contribution in [1.82, 2.24) is 4.90 Å². The first-order valence-corrected chi connectivity index (χ1v) is 7.18. The minimum absolute atomic E-state index is 0.211. The maximum atomic E-state index is 13.4. The Labute approximate surface area is 132 Å². The van der Waals surface area contributed by atoms with Crippen LogP contribution in [0.4, 0.5) is 8.78 Å². The third-order valence-electron chi connectivity index (χ3n) is 3.96. The summed E-state index contributed by atoms with van der Waals surface area (Å²) < 4.78 is 32.0. The molecule has 3 aromatic rings. The Balaban J connectivity index is 1.87. The van der Waals surface area contributed by atoms with E-state index >= 15 is 0 Å². The topological polar surface area (TPSA) is 33.5 Å². The van der Waals surface area contributed by atoms with E-state index in [2.05, 4.69) is 0 Å². The molecule has 1 aromatic heterocycles. The summed E-state index contributed by atoms with van der Waals surface area (Å²) in [6.45, 7) is 1.74. The molecule has 0 saturated carbocycles. The van der Waals surface area contributed by atoms with Gasteiger partial charge in [0, 0.05) is 12.4 Å². The first-order chi connectivity index (χ1) is 11.0. The second-order valence-electron chi connectivity index (χ2n) is 5.41. The third kappa shape index (κ3) is 2.82. The molecule has 0 aliphatic rings. The largest absolute Gasteiger partial charge is 0.451 e. The lowest BCUT2D eigenvalue weighted by Gasteiger charge is -2.24. The average molecular weight is 315 g/mol. The highest BCUT2D eigenvalue weighted by Gasteiger charge is 2.22. The number of hydrogen-bond donors (Lipinski definition) is 0. The molecular formula is C18H15F2NO2. The van der Waals surface area contributed by atoms with Gasteiger partial charge in [-0.3, -0.25) is 4.79 Å². The van der Waals surface area contributed by atoms with Crippen LogP contribution in [0.15, 0.2) is 52.9 Å². The first kappa shape index (κ1) is 15.2. The van der Waals surface area contributed by atoms with Crippen molar-refractivity contribution in [3.05, 3.63) is 71.5 Å². The summed E-state index contributed by atoms with van der Waals surface area (Å²) in [5.74, 6) is -1.95. The van der Waals surface area contributed by atoms with Crippen molar-refractivity contribution in [2.24, 2.45) is 0 Å². The molecule has 3 rings (SSSR count). The second kappa shape index (κ2) is 5.83. The molecule has 0 radical (unpaired) electrons. The van der Waals surface area contributed by atoms with Crippen LogP contribution in [-0.2, 0) is 0 Å². The van der Waals surface area contributed by atoms with Gasteiger partial charge in [-0.1, -0.05) is 24.3 Å². The highest BCUT2D eigenvalue weighted by atomic mass is 19.2. The first-order valence-electron chi connectivity index (χ1n) is 7.18. The number of amides is 1. The van der Waals surface area contributed by atoms with Gasteiger partial charge in [0.05, 0.1) is 6.04 Å². The van der Waals surface area contributed by atoms with E-state index in [-0.39, 0.29) is 11.7 Å². The smallest absolute Gasteiger partial charge is 0.289 e. The SMILES string of the molecule is CC(c1ccc(F)c(F)c1)N(C)C(=O)c1cc2ccccc2o1. The van der Waals surface area contributed by atoms with Crippen molar-refractivity contribution in [2.45, 2.75) is 13.0 Å². The summed E-state index contributed by atoms with van der Waals surface area (Å²) in [6.07, 6.45) is 0. The van der Waals surface area contributed by atoms with Crippen LogP contribution in [0.3, 0.4) is 0 Å². The molecule has 0 aliphatic carbocycles. The molecule has 0 fully saturated rings. The number of fused-ring (bicyclic) bond motifs is 1. The molecule has 5 heteroatoms. The van der Waals surface area contributed by atoms with Gasteiger partial charge in [0.1, 0.15) is 5.58 Å². The van der Waals surface area contributed by atoms with E-state index in [0.29, 0.717) is 11.1 Å². The Morgan fingerprint density at radius 3 is 2.52 bits per heavy atom. The normalized spacial score (nSPS) is 12.3. The summed E-state index contributed by atoms with van der Waals surface area (Å²) in [6, 6.07) is 12.2. The molecule has 3 nitrogen and oxygen atoms in total. The Hall–Kier alpha value is -2.69. The average Bonchev–Trinajstić information content (AvgIpc) is 2.99. The molecule has 0 aliphatic heterocycles. The highest BCUT2D eigenvalue weighted by Crippen LogP contribution is 2.25. The fourth-order valence-electron chi connectivity index (χ4n) is 2.43. The minimum Gasteiger partial charge on any atom is -0.451 e. The van der Waals surface area contributed by atoms with E-state index in [9.17, 15) is 13.6 Å². The van der Waals surface area contributed by atoms with Gasteiger partial charge in [-0.05, 0) is 36.8 Å². The number of halogens is 2. The summed E-state index contributed by atoms with van der Waals surface area (Å²) in [7, 11) is 1.60. The lowest BCUT2D eigenvalue weighted by molar-refractivity contribution is 0.0712. The molecule has 1 amide bonds. The van der Waals surface area contributed by atoms with E-state index in [1.165, 1.54) is 11.0 Å². The predicted octanol–water partition coefficient (Wildman–Crippen LogP) is 4.54. The van der Waals surface area contributed by atoms with Crippen molar-refractivity contribution in [3.63, 3.8) is 0 Å². The number of nitrogens with zero attached hydrogens (tertiary/aromatic N) is 1. The molecule has 118 valence electrons. The lowest BCUT2D eigenvalue weighted by atomic mass is 10.1. The number of benzene rings is 2. The zero-order chi connectivity index (χ0) is 16.6. The molecule has 1 atom stereocenters. The molecule has 0 saturated heterocycles. The van der Waals surface area contributed by atoms with Gasteiger partial charge < -0.3 is 9.32 Å². The fraction of sp³-hybridized carbons (Fsp3) is 0.167. The second-order valence-corrected chi connectivity index (χ2v) is 5.41. The van der Waals surface area contributed by atoms with Crippen LogP contribution in [0.1, 0.15) is 29.1 Å². The summed E-state index contributed by atoms with van der Waals surface area (Å²) >= 11 is 0. The Morgan fingerprint density at radius 2 is 1.83 bits per heavy atom. The van der Waals surface area contributed by atoms with Crippen molar-refractivity contribution in [3.8, 4) is 0 Å². The van der Waals surface area contributed by atoms with E-state index in [4.69, 9.17) is 4.42 Å². The lowest BCUT2D eigenvalue weighted by Crippen LogP contribution is -2.29. The summed E-state index contributed by atoms with van der Waals surface area (Å²) in [5, 5.41) is 0.838. The van der Waals surface area contributed by atoms with Crippen molar-refractivity contribution in [1.29, 1.82) is 0 Å². The Bertz CT molecular complexity index is 839. The third-order valence-corrected chi connectivity index (χ3v) is 3.96. The maximum absolute atomic E-state index is 13.4. The number of hydrogen-bond acceptors (Lipinski definition) is 2. The number of para-hydroxylation sites is 1. The van der Waals surface area contributed by atoms with Gasteiger partial charge in [0.15, 0.2) is 17.4 Å². The number of carbonyl (C=O) groups is 1. The van der Waals surface area contributed by atoms with Gasteiger partial charge in [-0.25, -0.2) is 8.78 Å². The number of carbonyl (C=O) groups excluding carboxylic acids is 1. The van der Waals surface area contributed by atoms with Crippen LogP contribution < -0.4 is 0 Å². The van der Waals surface area contributed by atoms with E-state index in [0.717, 1.165) is 17.5 Å². The summed E-state index contributed by atoms with van der Waals surface area (Å²) in [5.41, 5.74) is 1.14. The predicted molar refractivity (Wildman–Crippen MR) is 83.1 cm³/mol. The van der Waals surface area contributed by atoms with Crippen molar-refractivity contribution >= 4 is 16.9 Å². The van der Waals surface area contributed by atoms with Crippen molar-refractivity contribution in [2.75, 3.05) is 7.05 Å². The van der Waals surface area contributed by atoms with E-state index < -0.39 is 17.7 Å². The zero-order valence-corrected chi connectivity index (χ0v) is 12.7.